The first kappa shape index (κ1) is 11.9. The average molecular weight is 292 g/mol. The van der Waals surface area contributed by atoms with Crippen LogP contribution in [0.15, 0.2) is 27.8 Å². The SMILES string of the molecule is CC(C)(C)[CH]=[Mo]=[N]c1ccccc1Cl. The molecule has 0 aliphatic heterocycles. The van der Waals surface area contributed by atoms with Crippen molar-refractivity contribution in [3.8, 4) is 0 Å². The number of halogens is 1. The van der Waals surface area contributed by atoms with Gasteiger partial charge in [0, 0.05) is 0 Å². The van der Waals surface area contributed by atoms with Crippen LogP contribution in [0.3, 0.4) is 0 Å². The first-order valence-corrected chi connectivity index (χ1v) is 6.88. The molecule has 0 radical (unpaired) electrons. The minimum atomic E-state index is -0.419. The Morgan fingerprint density at radius 2 is 1.93 bits per heavy atom. The second kappa shape index (κ2) is 5.09. The Kier molecular flexibility index (Phi) is 4.34. The monoisotopic (exact) mass is 293 g/mol. The topological polar surface area (TPSA) is 12.4 Å². The van der Waals surface area contributed by atoms with Crippen molar-refractivity contribution < 1.29 is 17.9 Å². The van der Waals surface area contributed by atoms with Crippen LogP contribution in [-0.4, -0.2) is 4.40 Å². The number of hydrogen-bond acceptors (Lipinski definition) is 1. The number of rotatable bonds is 1. The van der Waals surface area contributed by atoms with Gasteiger partial charge < -0.3 is 0 Å². The zero-order valence-electron chi connectivity index (χ0n) is 8.62. The molecular formula is C11H14ClMoN. The molecule has 0 heterocycles. The van der Waals surface area contributed by atoms with E-state index < -0.39 is 17.9 Å². The summed E-state index contributed by atoms with van der Waals surface area (Å²) >= 11 is 5.57. The van der Waals surface area contributed by atoms with E-state index in [1.54, 1.807) is 0 Å². The second-order valence-corrected chi connectivity index (χ2v) is 6.09. The third-order valence-corrected chi connectivity index (χ3v) is 4.47. The van der Waals surface area contributed by atoms with Gasteiger partial charge in [-0.3, -0.25) is 0 Å². The fraction of sp³-hybridized carbons (Fsp3) is 0.364. The summed E-state index contributed by atoms with van der Waals surface area (Å²) in [4.78, 5) is 0. The van der Waals surface area contributed by atoms with Gasteiger partial charge >= 0.3 is 98.6 Å². The first-order valence-electron chi connectivity index (χ1n) is 4.45. The molecule has 0 fully saturated rings. The van der Waals surface area contributed by atoms with Gasteiger partial charge in [0.2, 0.25) is 0 Å². The van der Waals surface area contributed by atoms with Crippen molar-refractivity contribution >= 4 is 21.7 Å². The molecule has 0 aromatic heterocycles. The molecule has 76 valence electrons. The Labute approximate surface area is 98.4 Å². The van der Waals surface area contributed by atoms with Crippen LogP contribution in [0.2, 0.25) is 5.02 Å². The zero-order chi connectivity index (χ0) is 10.6. The van der Waals surface area contributed by atoms with Crippen LogP contribution in [0.1, 0.15) is 20.8 Å². The summed E-state index contributed by atoms with van der Waals surface area (Å²) in [6.07, 6.45) is 0. The van der Waals surface area contributed by atoms with Crippen LogP contribution < -0.4 is 0 Å². The van der Waals surface area contributed by atoms with Crippen molar-refractivity contribution in [3.05, 3.63) is 29.3 Å². The van der Waals surface area contributed by atoms with Crippen molar-refractivity contribution in [2.45, 2.75) is 20.8 Å². The number of nitrogens with zero attached hydrogens (tertiary/aromatic N) is 1. The maximum absolute atomic E-state index is 5.99. The van der Waals surface area contributed by atoms with Gasteiger partial charge in [-0.05, 0) is 0 Å². The molecule has 0 atom stereocenters. The first-order chi connectivity index (χ1) is 6.49. The van der Waals surface area contributed by atoms with Crippen molar-refractivity contribution in [1.29, 1.82) is 0 Å². The molecular weight excluding hydrogens is 278 g/mol. The van der Waals surface area contributed by atoms with Gasteiger partial charge in [-0.2, -0.15) is 0 Å². The van der Waals surface area contributed by atoms with Gasteiger partial charge in [-0.25, -0.2) is 0 Å². The van der Waals surface area contributed by atoms with Gasteiger partial charge in [-0.1, -0.05) is 0 Å². The Hall–Kier alpha value is -0.132. The third-order valence-electron chi connectivity index (χ3n) is 1.41. The van der Waals surface area contributed by atoms with Crippen molar-refractivity contribution in [3.63, 3.8) is 0 Å². The Morgan fingerprint density at radius 3 is 2.50 bits per heavy atom. The Bertz CT molecular complexity index is 373. The van der Waals surface area contributed by atoms with E-state index in [4.69, 9.17) is 11.6 Å². The summed E-state index contributed by atoms with van der Waals surface area (Å²) in [5.74, 6) is 0. The summed E-state index contributed by atoms with van der Waals surface area (Å²) in [7, 11) is 0. The molecule has 0 aliphatic carbocycles. The Morgan fingerprint density at radius 1 is 1.29 bits per heavy atom. The predicted molar refractivity (Wildman–Crippen MR) is 59.1 cm³/mol. The summed E-state index contributed by atoms with van der Waals surface area (Å²) in [5, 5.41) is 0.750. The van der Waals surface area contributed by atoms with E-state index in [0.717, 1.165) is 10.7 Å². The molecule has 0 aliphatic rings. The summed E-state index contributed by atoms with van der Waals surface area (Å²) in [5.41, 5.74) is 1.20. The van der Waals surface area contributed by atoms with Crippen LogP contribution in [0.4, 0.5) is 5.69 Å². The molecule has 0 unspecified atom stereocenters. The molecule has 0 saturated carbocycles. The minimum absolute atomic E-state index is 0.271. The van der Waals surface area contributed by atoms with Crippen LogP contribution in [0.25, 0.3) is 0 Å². The second-order valence-electron chi connectivity index (χ2n) is 4.13. The van der Waals surface area contributed by atoms with Crippen LogP contribution in [0.5, 0.6) is 0 Å². The summed E-state index contributed by atoms with van der Waals surface area (Å²) < 4.78 is 6.84. The van der Waals surface area contributed by atoms with Crippen molar-refractivity contribution in [1.82, 2.24) is 0 Å². The van der Waals surface area contributed by atoms with E-state index in [9.17, 15) is 0 Å². The van der Waals surface area contributed by atoms with E-state index in [1.807, 2.05) is 24.3 Å². The number of benzene rings is 1. The molecule has 3 heteroatoms. The summed E-state index contributed by atoms with van der Waals surface area (Å²) in [6, 6.07) is 7.73. The number of hydrogen-bond donors (Lipinski definition) is 0. The standard InChI is InChI=1S/C6H4ClN.C5H10.Mo/c7-5-3-1-2-4-6(5)8;1-5(2,3)4;/h1-4H;1H,2-4H3;. The van der Waals surface area contributed by atoms with E-state index in [1.165, 1.54) is 0 Å². The normalized spacial score (nSPS) is 10.9. The molecule has 14 heavy (non-hydrogen) atoms. The van der Waals surface area contributed by atoms with Crippen molar-refractivity contribution in [2.24, 2.45) is 8.91 Å². The molecule has 1 aromatic rings. The molecule has 0 saturated heterocycles. The molecule has 0 bridgehead atoms. The van der Waals surface area contributed by atoms with Crippen LogP contribution >= 0.6 is 11.6 Å². The Balaban J connectivity index is 2.90. The third kappa shape index (κ3) is 4.39. The molecule has 1 aromatic carbocycles. The van der Waals surface area contributed by atoms with Gasteiger partial charge in [0.15, 0.2) is 0 Å². The van der Waals surface area contributed by atoms with E-state index >= 15 is 0 Å². The fourth-order valence-electron chi connectivity index (χ4n) is 0.767. The maximum atomic E-state index is 5.99. The van der Waals surface area contributed by atoms with Gasteiger partial charge in [0.1, 0.15) is 0 Å². The molecule has 0 spiro atoms. The predicted octanol–water partition coefficient (Wildman–Crippen LogP) is 4.09. The van der Waals surface area contributed by atoms with Gasteiger partial charge in [0.05, 0.1) is 0 Å². The van der Waals surface area contributed by atoms with Gasteiger partial charge in [0.25, 0.3) is 0 Å². The molecule has 1 rings (SSSR count). The molecule has 1 nitrogen and oxygen atoms in total. The van der Waals surface area contributed by atoms with Crippen molar-refractivity contribution in [2.75, 3.05) is 0 Å². The average Bonchev–Trinajstić information content (AvgIpc) is 2.06. The van der Waals surface area contributed by atoms with E-state index in [2.05, 4.69) is 28.7 Å². The van der Waals surface area contributed by atoms with Crippen LogP contribution in [-0.2, 0) is 17.9 Å². The van der Waals surface area contributed by atoms with Gasteiger partial charge in [-0.15, -0.1) is 0 Å². The van der Waals surface area contributed by atoms with E-state index in [0.29, 0.717) is 0 Å². The van der Waals surface area contributed by atoms with Crippen LogP contribution in [0, 0.1) is 5.41 Å². The molecule has 0 amide bonds. The molecule has 0 N–H and O–H groups in total. The quantitative estimate of drug-likeness (QED) is 0.691. The zero-order valence-corrected chi connectivity index (χ0v) is 11.4. The van der Waals surface area contributed by atoms with E-state index in [-0.39, 0.29) is 5.41 Å². The fourth-order valence-corrected chi connectivity index (χ4v) is 2.66. The summed E-state index contributed by atoms with van der Waals surface area (Å²) in [6.45, 7) is 6.58.